The number of carbonyl (C=O) groups is 1. The molecule has 2 unspecified atom stereocenters. The Morgan fingerprint density at radius 1 is 1.38 bits per heavy atom. The number of benzene rings is 1. The molecule has 0 spiro atoms. The minimum absolute atomic E-state index is 0.341. The van der Waals surface area contributed by atoms with Crippen LogP contribution in [-0.2, 0) is 4.79 Å². The lowest BCUT2D eigenvalue weighted by molar-refractivity contribution is -0.138. The molecule has 0 radical (unpaired) electrons. The van der Waals surface area contributed by atoms with Gasteiger partial charge in [-0.15, -0.1) is 0 Å². The van der Waals surface area contributed by atoms with Crippen LogP contribution >= 0.6 is 15.9 Å². The van der Waals surface area contributed by atoms with Gasteiger partial charge in [-0.1, -0.05) is 46.3 Å². The fraction of sp³-hybridized carbons (Fsp3) is 0.222. The normalized spacial score (nSPS) is 14.9. The van der Waals surface area contributed by atoms with E-state index in [0.717, 1.165) is 5.56 Å². The van der Waals surface area contributed by atoms with Gasteiger partial charge in [0.2, 0.25) is 0 Å². The highest BCUT2D eigenvalue weighted by atomic mass is 79.9. The number of halogens is 1. The second-order valence-electron chi connectivity index (χ2n) is 2.68. The molecule has 0 fully saturated rings. The maximum atomic E-state index is 10.6. The number of carboxylic acid groups (broad SMARTS) is 1. The lowest BCUT2D eigenvalue weighted by Crippen LogP contribution is -2.33. The van der Waals surface area contributed by atoms with E-state index in [9.17, 15) is 4.79 Å². The summed E-state index contributed by atoms with van der Waals surface area (Å²) >= 11 is 3.25. The molecule has 4 heteroatoms. The summed E-state index contributed by atoms with van der Waals surface area (Å²) in [5.74, 6) is -1.01. The Labute approximate surface area is 84.7 Å². The summed E-state index contributed by atoms with van der Waals surface area (Å²) in [7, 11) is 0. The smallest absolute Gasteiger partial charge is 0.321 e. The van der Waals surface area contributed by atoms with Crippen molar-refractivity contribution in [2.24, 2.45) is 5.73 Å². The topological polar surface area (TPSA) is 63.3 Å². The van der Waals surface area contributed by atoms with E-state index in [0.29, 0.717) is 0 Å². The monoisotopic (exact) mass is 243 g/mol. The van der Waals surface area contributed by atoms with Crippen LogP contribution in [0.4, 0.5) is 0 Å². The molecule has 1 rings (SSSR count). The third-order valence-corrected chi connectivity index (χ3v) is 2.82. The number of nitrogens with two attached hydrogens (primary N) is 1. The van der Waals surface area contributed by atoms with Crippen molar-refractivity contribution in [3.05, 3.63) is 35.9 Å². The van der Waals surface area contributed by atoms with Gasteiger partial charge in [-0.3, -0.25) is 4.79 Å². The van der Waals surface area contributed by atoms with Gasteiger partial charge in [-0.2, -0.15) is 0 Å². The SMILES string of the molecule is NC(C(=O)O)C(Br)c1ccccc1. The van der Waals surface area contributed by atoms with Crippen LogP contribution in [-0.4, -0.2) is 17.1 Å². The Balaban J connectivity index is 2.79. The first-order chi connectivity index (χ1) is 6.13. The molecule has 2 atom stereocenters. The van der Waals surface area contributed by atoms with Crippen LogP contribution in [0.15, 0.2) is 30.3 Å². The Bertz CT molecular complexity index is 289. The van der Waals surface area contributed by atoms with Gasteiger partial charge in [0.05, 0.1) is 4.83 Å². The van der Waals surface area contributed by atoms with Crippen molar-refractivity contribution >= 4 is 21.9 Å². The maximum Gasteiger partial charge on any atom is 0.321 e. The van der Waals surface area contributed by atoms with Crippen LogP contribution in [0.5, 0.6) is 0 Å². The Morgan fingerprint density at radius 2 is 1.92 bits per heavy atom. The van der Waals surface area contributed by atoms with E-state index in [2.05, 4.69) is 15.9 Å². The van der Waals surface area contributed by atoms with Crippen molar-refractivity contribution in [1.29, 1.82) is 0 Å². The summed E-state index contributed by atoms with van der Waals surface area (Å²) in [5, 5.41) is 8.66. The zero-order valence-electron chi connectivity index (χ0n) is 6.85. The fourth-order valence-electron chi connectivity index (χ4n) is 0.969. The minimum atomic E-state index is -1.01. The minimum Gasteiger partial charge on any atom is -0.480 e. The lowest BCUT2D eigenvalue weighted by atomic mass is 10.1. The zero-order valence-corrected chi connectivity index (χ0v) is 8.44. The predicted octanol–water partition coefficient (Wildman–Crippen LogP) is 1.53. The van der Waals surface area contributed by atoms with Gasteiger partial charge in [0, 0.05) is 0 Å². The van der Waals surface area contributed by atoms with Crippen molar-refractivity contribution in [1.82, 2.24) is 0 Å². The van der Waals surface area contributed by atoms with E-state index in [1.54, 1.807) is 0 Å². The van der Waals surface area contributed by atoms with Crippen LogP contribution in [0, 0.1) is 0 Å². The standard InChI is InChI=1S/C9H10BrNO2/c10-7(8(11)9(12)13)6-4-2-1-3-5-6/h1-5,7-8H,11H2,(H,12,13). The van der Waals surface area contributed by atoms with Crippen LogP contribution in [0.2, 0.25) is 0 Å². The Hall–Kier alpha value is -0.870. The maximum absolute atomic E-state index is 10.6. The molecule has 70 valence electrons. The summed E-state index contributed by atoms with van der Waals surface area (Å²) < 4.78 is 0. The predicted molar refractivity (Wildman–Crippen MR) is 53.7 cm³/mol. The van der Waals surface area contributed by atoms with Crippen LogP contribution in [0.1, 0.15) is 10.4 Å². The van der Waals surface area contributed by atoms with Gasteiger partial charge in [-0.25, -0.2) is 0 Å². The molecule has 3 nitrogen and oxygen atoms in total. The average Bonchev–Trinajstić information content (AvgIpc) is 2.17. The largest absolute Gasteiger partial charge is 0.480 e. The average molecular weight is 244 g/mol. The van der Waals surface area contributed by atoms with Gasteiger partial charge >= 0.3 is 5.97 Å². The van der Waals surface area contributed by atoms with Gasteiger partial charge in [0.15, 0.2) is 0 Å². The first-order valence-corrected chi connectivity index (χ1v) is 4.72. The molecule has 0 aliphatic rings. The Morgan fingerprint density at radius 3 is 2.38 bits per heavy atom. The van der Waals surface area contributed by atoms with Gasteiger partial charge in [0.25, 0.3) is 0 Å². The Kier molecular flexibility index (Phi) is 3.45. The summed E-state index contributed by atoms with van der Waals surface area (Å²) in [6.07, 6.45) is 0. The molecular weight excluding hydrogens is 234 g/mol. The van der Waals surface area contributed by atoms with Crippen LogP contribution in [0.3, 0.4) is 0 Å². The van der Waals surface area contributed by atoms with E-state index in [1.165, 1.54) is 0 Å². The molecule has 0 aliphatic carbocycles. The number of alkyl halides is 1. The number of rotatable bonds is 3. The molecule has 0 amide bonds. The van der Waals surface area contributed by atoms with Gasteiger partial charge in [0.1, 0.15) is 6.04 Å². The molecular formula is C9H10BrNO2. The van der Waals surface area contributed by atoms with Crippen LogP contribution < -0.4 is 5.73 Å². The van der Waals surface area contributed by atoms with E-state index >= 15 is 0 Å². The third-order valence-electron chi connectivity index (χ3n) is 1.72. The molecule has 3 N–H and O–H groups in total. The highest BCUT2D eigenvalue weighted by molar-refractivity contribution is 9.09. The second-order valence-corrected chi connectivity index (χ2v) is 3.66. The zero-order chi connectivity index (χ0) is 9.84. The van der Waals surface area contributed by atoms with E-state index in [4.69, 9.17) is 10.8 Å². The molecule has 1 aromatic carbocycles. The molecule has 0 aliphatic heterocycles. The summed E-state index contributed by atoms with van der Waals surface area (Å²) in [6.45, 7) is 0. The van der Waals surface area contributed by atoms with Crippen molar-refractivity contribution < 1.29 is 9.90 Å². The molecule has 0 bridgehead atoms. The number of aliphatic carboxylic acids is 1. The van der Waals surface area contributed by atoms with Crippen LogP contribution in [0.25, 0.3) is 0 Å². The molecule has 13 heavy (non-hydrogen) atoms. The molecule has 0 aromatic heterocycles. The summed E-state index contributed by atoms with van der Waals surface area (Å²) in [6, 6.07) is 8.32. The lowest BCUT2D eigenvalue weighted by Gasteiger charge is -2.13. The van der Waals surface area contributed by atoms with Crippen molar-refractivity contribution in [3.63, 3.8) is 0 Å². The first-order valence-electron chi connectivity index (χ1n) is 3.80. The third kappa shape index (κ3) is 2.54. The van der Waals surface area contributed by atoms with Gasteiger partial charge < -0.3 is 10.8 Å². The second kappa shape index (κ2) is 4.39. The van der Waals surface area contributed by atoms with Crippen molar-refractivity contribution in [2.45, 2.75) is 10.9 Å². The van der Waals surface area contributed by atoms with Crippen molar-refractivity contribution in [3.8, 4) is 0 Å². The molecule has 0 saturated carbocycles. The van der Waals surface area contributed by atoms with E-state index in [-0.39, 0.29) is 4.83 Å². The number of hydrogen-bond acceptors (Lipinski definition) is 2. The highest BCUT2D eigenvalue weighted by Crippen LogP contribution is 2.24. The molecule has 0 heterocycles. The van der Waals surface area contributed by atoms with Gasteiger partial charge in [-0.05, 0) is 5.56 Å². The highest BCUT2D eigenvalue weighted by Gasteiger charge is 2.22. The summed E-state index contributed by atoms with van der Waals surface area (Å²) in [4.78, 5) is 10.2. The number of hydrogen-bond donors (Lipinski definition) is 2. The fourth-order valence-corrected chi connectivity index (χ4v) is 1.50. The quantitative estimate of drug-likeness (QED) is 0.792. The molecule has 0 saturated heterocycles. The first kappa shape index (κ1) is 10.2. The van der Waals surface area contributed by atoms with Crippen molar-refractivity contribution in [2.75, 3.05) is 0 Å². The number of carboxylic acids is 1. The van der Waals surface area contributed by atoms with E-state index < -0.39 is 12.0 Å². The summed E-state index contributed by atoms with van der Waals surface area (Å²) in [5.41, 5.74) is 6.32. The van der Waals surface area contributed by atoms with E-state index in [1.807, 2.05) is 30.3 Å². The molecule has 1 aromatic rings.